The minimum absolute atomic E-state index is 0.134. The number of rotatable bonds is 3. The second kappa shape index (κ2) is 10.3. The van der Waals surface area contributed by atoms with Crippen LogP contribution in [0, 0.1) is 17.7 Å². The molecule has 1 atom stereocenters. The summed E-state index contributed by atoms with van der Waals surface area (Å²) in [5.74, 6) is -0.286. The van der Waals surface area contributed by atoms with Crippen LogP contribution in [-0.2, 0) is 21.4 Å². The number of imidazole rings is 1. The summed E-state index contributed by atoms with van der Waals surface area (Å²) in [6.45, 7) is 8.44. The van der Waals surface area contributed by atoms with Crippen molar-refractivity contribution in [3.05, 3.63) is 28.4 Å². The van der Waals surface area contributed by atoms with E-state index >= 15 is 4.39 Å². The van der Waals surface area contributed by atoms with E-state index < -0.39 is 29.1 Å². The predicted molar refractivity (Wildman–Crippen MR) is 144 cm³/mol. The third-order valence-electron chi connectivity index (χ3n) is 8.42. The fraction of sp³-hybridized carbons (Fsp3) is 0.643. The van der Waals surface area contributed by atoms with Crippen LogP contribution in [0.25, 0.3) is 11.0 Å². The number of imide groups is 1. The van der Waals surface area contributed by atoms with E-state index in [2.05, 4.69) is 5.32 Å². The molecule has 1 aromatic heterocycles. The van der Waals surface area contributed by atoms with E-state index in [0.29, 0.717) is 54.7 Å². The second-order valence-corrected chi connectivity index (χ2v) is 12.1. The van der Waals surface area contributed by atoms with Crippen molar-refractivity contribution in [2.24, 2.45) is 18.9 Å². The van der Waals surface area contributed by atoms with Crippen molar-refractivity contribution in [2.75, 3.05) is 31.1 Å². The molecule has 5 rings (SSSR count). The predicted octanol–water partition coefficient (Wildman–Crippen LogP) is 3.32. The Labute approximate surface area is 227 Å². The molecule has 0 bridgehead atoms. The van der Waals surface area contributed by atoms with Crippen LogP contribution in [0.2, 0.25) is 0 Å². The van der Waals surface area contributed by atoms with Gasteiger partial charge in [0.1, 0.15) is 17.5 Å². The number of anilines is 1. The first-order valence-corrected chi connectivity index (χ1v) is 13.9. The van der Waals surface area contributed by atoms with E-state index in [4.69, 9.17) is 4.74 Å². The number of aryl methyl sites for hydroxylation is 1. The van der Waals surface area contributed by atoms with E-state index in [-0.39, 0.29) is 24.8 Å². The molecule has 10 nitrogen and oxygen atoms in total. The lowest BCUT2D eigenvalue weighted by atomic mass is 9.79. The number of amides is 3. The van der Waals surface area contributed by atoms with Crippen LogP contribution in [0.15, 0.2) is 16.9 Å². The van der Waals surface area contributed by atoms with Gasteiger partial charge in [0.2, 0.25) is 11.8 Å². The summed E-state index contributed by atoms with van der Waals surface area (Å²) in [6.07, 6.45) is 3.85. The number of carbonyl (C=O) groups excluding carboxylic acids is 3. The van der Waals surface area contributed by atoms with Crippen molar-refractivity contribution in [2.45, 2.75) is 70.9 Å². The quantitative estimate of drug-likeness (QED) is 0.596. The molecule has 0 radical (unpaired) electrons. The maximum absolute atomic E-state index is 15.5. The number of hydrogen-bond donors (Lipinski definition) is 1. The molecule has 0 saturated carbocycles. The molecule has 0 aliphatic carbocycles. The molecule has 2 aromatic rings. The molecule has 1 aromatic carbocycles. The molecule has 39 heavy (non-hydrogen) atoms. The first kappa shape index (κ1) is 27.2. The average Bonchev–Trinajstić information content (AvgIpc) is 3.11. The Morgan fingerprint density at radius 2 is 1.56 bits per heavy atom. The van der Waals surface area contributed by atoms with Crippen LogP contribution < -0.4 is 15.9 Å². The summed E-state index contributed by atoms with van der Waals surface area (Å²) in [7, 11) is 1.62. The molecule has 1 N–H and O–H groups in total. The van der Waals surface area contributed by atoms with E-state index in [9.17, 15) is 19.2 Å². The molecule has 0 spiro atoms. The standard InChI is InChI=1S/C28H38FN5O5/c1-28(2,3)39-27(38)33-13-9-18(10-14-33)17-7-11-32(12-8-17)21-16-22-23(15-19(21)29)34(26(37)31(22)4)20-5-6-24(35)30-25(20)36/h15-18,20H,5-14H2,1-4H3,(H,30,35,36). The zero-order valence-corrected chi connectivity index (χ0v) is 23.2. The minimum atomic E-state index is -0.846. The van der Waals surface area contributed by atoms with Gasteiger partial charge in [0, 0.05) is 45.7 Å². The van der Waals surface area contributed by atoms with Gasteiger partial charge in [-0.1, -0.05) is 0 Å². The van der Waals surface area contributed by atoms with Gasteiger partial charge in [-0.25, -0.2) is 14.0 Å². The fourth-order valence-corrected chi connectivity index (χ4v) is 6.33. The van der Waals surface area contributed by atoms with Gasteiger partial charge in [0.15, 0.2) is 0 Å². The van der Waals surface area contributed by atoms with Crippen LogP contribution in [0.5, 0.6) is 0 Å². The molecule has 212 valence electrons. The van der Waals surface area contributed by atoms with Crippen molar-refractivity contribution in [1.29, 1.82) is 0 Å². The lowest BCUT2D eigenvalue weighted by Gasteiger charge is -2.41. The highest BCUT2D eigenvalue weighted by atomic mass is 19.1. The molecule has 3 amide bonds. The molecule has 3 aliphatic rings. The number of likely N-dealkylation sites (tertiary alicyclic amines) is 1. The Bertz CT molecular complexity index is 1340. The third-order valence-corrected chi connectivity index (χ3v) is 8.42. The number of nitrogens with zero attached hydrogens (tertiary/aromatic N) is 4. The largest absolute Gasteiger partial charge is 0.444 e. The molecule has 3 saturated heterocycles. The normalized spacial score (nSPS) is 21.9. The lowest BCUT2D eigenvalue weighted by molar-refractivity contribution is -0.135. The smallest absolute Gasteiger partial charge is 0.410 e. The van der Waals surface area contributed by atoms with Crippen molar-refractivity contribution in [3.8, 4) is 0 Å². The summed E-state index contributed by atoms with van der Waals surface area (Å²) in [5.41, 5.74) is 0.450. The van der Waals surface area contributed by atoms with Gasteiger partial charge in [-0.05, 0) is 70.8 Å². The highest BCUT2D eigenvalue weighted by Crippen LogP contribution is 2.36. The van der Waals surface area contributed by atoms with Gasteiger partial charge in [0.05, 0.1) is 16.7 Å². The van der Waals surface area contributed by atoms with Gasteiger partial charge in [-0.3, -0.25) is 24.0 Å². The topological polar surface area (TPSA) is 106 Å². The van der Waals surface area contributed by atoms with Crippen LogP contribution in [-0.4, -0.2) is 63.7 Å². The highest BCUT2D eigenvalue weighted by Gasteiger charge is 2.34. The Kier molecular flexibility index (Phi) is 7.19. The van der Waals surface area contributed by atoms with E-state index in [1.807, 2.05) is 25.7 Å². The van der Waals surface area contributed by atoms with Crippen molar-refractivity contribution < 1.29 is 23.5 Å². The van der Waals surface area contributed by atoms with Crippen molar-refractivity contribution >= 4 is 34.6 Å². The number of benzene rings is 1. The average molecular weight is 544 g/mol. The van der Waals surface area contributed by atoms with Crippen molar-refractivity contribution in [1.82, 2.24) is 19.4 Å². The zero-order valence-electron chi connectivity index (χ0n) is 23.2. The number of halogens is 1. The molecule has 3 aliphatic heterocycles. The van der Waals surface area contributed by atoms with E-state index in [1.54, 1.807) is 18.0 Å². The van der Waals surface area contributed by atoms with Crippen LogP contribution >= 0.6 is 0 Å². The number of carbonyl (C=O) groups is 3. The third kappa shape index (κ3) is 5.40. The fourth-order valence-electron chi connectivity index (χ4n) is 6.33. The molecular weight excluding hydrogens is 505 g/mol. The number of nitrogens with one attached hydrogen (secondary N) is 1. The van der Waals surface area contributed by atoms with Gasteiger partial charge < -0.3 is 14.5 Å². The monoisotopic (exact) mass is 543 g/mol. The van der Waals surface area contributed by atoms with Crippen LogP contribution in [0.4, 0.5) is 14.9 Å². The number of piperidine rings is 3. The number of ether oxygens (including phenoxy) is 1. The maximum atomic E-state index is 15.5. The molecular formula is C28H38FN5O5. The number of fused-ring (bicyclic) bond motifs is 1. The van der Waals surface area contributed by atoms with Gasteiger partial charge in [0.25, 0.3) is 0 Å². The minimum Gasteiger partial charge on any atom is -0.444 e. The highest BCUT2D eigenvalue weighted by molar-refractivity contribution is 6.00. The second-order valence-electron chi connectivity index (χ2n) is 12.1. The summed E-state index contributed by atoms with van der Waals surface area (Å²) in [6, 6.07) is 2.20. The lowest BCUT2D eigenvalue weighted by Crippen LogP contribution is -2.44. The summed E-state index contributed by atoms with van der Waals surface area (Å²) >= 11 is 0. The summed E-state index contributed by atoms with van der Waals surface area (Å²) < 4.78 is 23.7. The SMILES string of the molecule is Cn1c(=O)n(C2CCC(=O)NC2=O)c2cc(F)c(N3CCC(C4CCN(C(=O)OC(C)(C)C)CC4)CC3)cc21. The number of hydrogen-bond acceptors (Lipinski definition) is 6. The number of aromatic nitrogens is 2. The summed E-state index contributed by atoms with van der Waals surface area (Å²) in [4.78, 5) is 53.3. The van der Waals surface area contributed by atoms with Gasteiger partial charge in [-0.15, -0.1) is 0 Å². The van der Waals surface area contributed by atoms with Gasteiger partial charge in [-0.2, -0.15) is 0 Å². The Morgan fingerprint density at radius 1 is 0.949 bits per heavy atom. The molecule has 3 fully saturated rings. The van der Waals surface area contributed by atoms with E-state index in [1.165, 1.54) is 15.2 Å². The molecule has 1 unspecified atom stereocenters. The molecule has 11 heteroatoms. The first-order valence-electron chi connectivity index (χ1n) is 13.9. The Hall–Kier alpha value is -3.37. The Morgan fingerprint density at radius 3 is 2.15 bits per heavy atom. The zero-order chi connectivity index (χ0) is 28.1. The van der Waals surface area contributed by atoms with E-state index in [0.717, 1.165) is 25.7 Å². The summed E-state index contributed by atoms with van der Waals surface area (Å²) in [5, 5.41) is 2.28. The van der Waals surface area contributed by atoms with Crippen LogP contribution in [0.1, 0.15) is 65.3 Å². The van der Waals surface area contributed by atoms with Crippen molar-refractivity contribution in [3.63, 3.8) is 0 Å². The van der Waals surface area contributed by atoms with Crippen LogP contribution in [0.3, 0.4) is 0 Å². The first-order chi connectivity index (χ1) is 18.4. The Balaban J connectivity index is 1.26. The van der Waals surface area contributed by atoms with Gasteiger partial charge >= 0.3 is 11.8 Å². The molecule has 4 heterocycles. The maximum Gasteiger partial charge on any atom is 0.410 e.